The molecular weight excluding hydrogens is 478 g/mol. The number of aromatic nitrogens is 1. The maximum Gasteiger partial charge on any atom is 0.297 e. The smallest absolute Gasteiger partial charge is 0.297 e. The summed E-state index contributed by atoms with van der Waals surface area (Å²) >= 11 is 0. The summed E-state index contributed by atoms with van der Waals surface area (Å²) in [5.74, 6) is 1.11. The Morgan fingerprint density at radius 2 is 1.97 bits per heavy atom. The SMILES string of the molecule is Cc1ccc2c(c1)NCC21CCN(C[C@H](O)C2CCN(c3ncc(C(=O)N4CCCCC4)o3)CC2)C[C@H]1C. The third-order valence-electron chi connectivity index (χ3n) is 9.80. The lowest BCUT2D eigenvalue weighted by Gasteiger charge is -2.46. The van der Waals surface area contributed by atoms with Crippen molar-refractivity contribution in [1.82, 2.24) is 14.8 Å². The van der Waals surface area contributed by atoms with Crippen LogP contribution in [0.5, 0.6) is 0 Å². The van der Waals surface area contributed by atoms with E-state index in [2.05, 4.69) is 52.1 Å². The Morgan fingerprint density at radius 1 is 1.18 bits per heavy atom. The lowest BCUT2D eigenvalue weighted by Crippen LogP contribution is -2.52. The van der Waals surface area contributed by atoms with Gasteiger partial charge in [0.05, 0.1) is 12.3 Å². The standard InChI is InChI=1S/C30H43N5O3/c1-21-6-7-24-25(16-21)32-20-30(24)10-15-33(18-22(30)2)19-26(36)23-8-13-35(14-9-23)29-31-17-27(38-29)28(37)34-11-4-3-5-12-34/h6-7,16-17,22-23,26,32,36H,3-5,8-15,18-20H2,1-2H3/t22-,26+,30?/m1/s1. The van der Waals surface area contributed by atoms with E-state index in [0.29, 0.717) is 17.7 Å². The summed E-state index contributed by atoms with van der Waals surface area (Å²) in [6, 6.07) is 7.40. The van der Waals surface area contributed by atoms with Crippen molar-refractivity contribution < 1.29 is 14.3 Å². The van der Waals surface area contributed by atoms with Crippen LogP contribution in [0.1, 0.15) is 67.1 Å². The molecule has 1 unspecified atom stereocenters. The Labute approximate surface area is 226 Å². The first kappa shape index (κ1) is 25.7. The van der Waals surface area contributed by atoms with Crippen LogP contribution in [0.4, 0.5) is 11.7 Å². The van der Waals surface area contributed by atoms with Gasteiger partial charge in [-0.1, -0.05) is 19.1 Å². The number of nitrogens with zero attached hydrogens (tertiary/aromatic N) is 4. The molecule has 0 saturated carbocycles. The largest absolute Gasteiger partial charge is 0.418 e. The van der Waals surface area contributed by atoms with Crippen molar-refractivity contribution in [3.63, 3.8) is 0 Å². The molecule has 1 aromatic heterocycles. The van der Waals surface area contributed by atoms with E-state index in [-0.39, 0.29) is 23.3 Å². The van der Waals surface area contributed by atoms with Gasteiger partial charge in [-0.2, -0.15) is 0 Å². The summed E-state index contributed by atoms with van der Waals surface area (Å²) in [6.07, 6.45) is 7.51. The number of anilines is 2. The van der Waals surface area contributed by atoms with E-state index >= 15 is 0 Å². The minimum absolute atomic E-state index is 0.0433. The van der Waals surface area contributed by atoms with E-state index in [4.69, 9.17) is 4.42 Å². The Morgan fingerprint density at radius 3 is 2.74 bits per heavy atom. The zero-order valence-electron chi connectivity index (χ0n) is 23.0. The molecule has 2 aromatic rings. The molecule has 0 bridgehead atoms. The summed E-state index contributed by atoms with van der Waals surface area (Å²) < 4.78 is 5.89. The number of piperidine rings is 3. The summed E-state index contributed by atoms with van der Waals surface area (Å²) in [4.78, 5) is 23.6. The molecule has 4 aliphatic rings. The van der Waals surface area contributed by atoms with Gasteiger partial charge in [0.15, 0.2) is 0 Å². The van der Waals surface area contributed by atoms with Gasteiger partial charge in [0, 0.05) is 56.9 Å². The molecule has 5 heterocycles. The molecule has 1 amide bonds. The highest BCUT2D eigenvalue weighted by Gasteiger charge is 2.46. The molecule has 1 aromatic carbocycles. The highest BCUT2D eigenvalue weighted by Crippen LogP contribution is 2.47. The predicted molar refractivity (Wildman–Crippen MR) is 149 cm³/mol. The number of aryl methyl sites for hydroxylation is 1. The van der Waals surface area contributed by atoms with E-state index in [1.807, 2.05) is 4.90 Å². The van der Waals surface area contributed by atoms with Crippen LogP contribution in [0.3, 0.4) is 0 Å². The van der Waals surface area contributed by atoms with Crippen molar-refractivity contribution in [2.24, 2.45) is 11.8 Å². The summed E-state index contributed by atoms with van der Waals surface area (Å²) in [5, 5.41) is 14.8. The first-order valence-electron chi connectivity index (χ1n) is 14.7. The van der Waals surface area contributed by atoms with E-state index in [1.165, 1.54) is 23.2 Å². The Kier molecular flexibility index (Phi) is 7.12. The number of benzene rings is 1. The number of amides is 1. The average molecular weight is 522 g/mol. The number of fused-ring (bicyclic) bond motifs is 2. The number of hydrogen-bond donors (Lipinski definition) is 2. The normalized spacial score (nSPS) is 27.4. The van der Waals surface area contributed by atoms with Crippen LogP contribution in [0.25, 0.3) is 0 Å². The maximum absolute atomic E-state index is 12.7. The van der Waals surface area contributed by atoms with Crippen LogP contribution in [-0.4, -0.2) is 84.3 Å². The molecule has 8 nitrogen and oxygen atoms in total. The zero-order valence-corrected chi connectivity index (χ0v) is 23.0. The van der Waals surface area contributed by atoms with Crippen molar-refractivity contribution >= 4 is 17.6 Å². The van der Waals surface area contributed by atoms with Gasteiger partial charge < -0.3 is 29.5 Å². The number of hydrogen-bond acceptors (Lipinski definition) is 7. The third-order valence-corrected chi connectivity index (χ3v) is 9.80. The Balaban J connectivity index is 0.996. The molecule has 1 spiro atoms. The molecule has 3 atom stereocenters. The lowest BCUT2D eigenvalue weighted by atomic mass is 9.67. The van der Waals surface area contributed by atoms with Crippen LogP contribution in [0, 0.1) is 18.8 Å². The fraction of sp³-hybridized carbons (Fsp3) is 0.667. The molecule has 8 heteroatoms. The molecule has 0 radical (unpaired) electrons. The van der Waals surface area contributed by atoms with Crippen molar-refractivity contribution in [3.8, 4) is 0 Å². The number of rotatable bonds is 5. The number of carbonyl (C=O) groups is 1. The second-order valence-electron chi connectivity index (χ2n) is 12.2. The molecule has 6 rings (SSSR count). The minimum Gasteiger partial charge on any atom is -0.418 e. The first-order valence-corrected chi connectivity index (χ1v) is 14.7. The predicted octanol–water partition coefficient (Wildman–Crippen LogP) is 3.89. The summed E-state index contributed by atoms with van der Waals surface area (Å²) in [7, 11) is 0. The van der Waals surface area contributed by atoms with E-state index in [0.717, 1.165) is 84.5 Å². The quantitative estimate of drug-likeness (QED) is 0.618. The maximum atomic E-state index is 12.7. The van der Waals surface area contributed by atoms with Gasteiger partial charge >= 0.3 is 0 Å². The van der Waals surface area contributed by atoms with E-state index in [9.17, 15) is 9.90 Å². The van der Waals surface area contributed by atoms with Crippen LogP contribution in [-0.2, 0) is 5.41 Å². The zero-order chi connectivity index (χ0) is 26.3. The average Bonchev–Trinajstić information content (AvgIpc) is 3.57. The van der Waals surface area contributed by atoms with Crippen molar-refractivity contribution in [2.75, 3.05) is 62.6 Å². The van der Waals surface area contributed by atoms with Gasteiger partial charge in [0.25, 0.3) is 11.9 Å². The number of likely N-dealkylation sites (tertiary alicyclic amines) is 2. The Hall–Kier alpha value is -2.58. The number of aliphatic hydroxyl groups is 1. The van der Waals surface area contributed by atoms with Gasteiger partial charge in [0.2, 0.25) is 5.76 Å². The summed E-state index contributed by atoms with van der Waals surface area (Å²) in [5.41, 5.74) is 4.31. The second-order valence-corrected chi connectivity index (χ2v) is 12.2. The summed E-state index contributed by atoms with van der Waals surface area (Å²) in [6.45, 7) is 11.5. The van der Waals surface area contributed by atoms with Gasteiger partial charge in [-0.05, 0) is 81.0 Å². The van der Waals surface area contributed by atoms with Crippen LogP contribution in [0.2, 0.25) is 0 Å². The van der Waals surface area contributed by atoms with Gasteiger partial charge in [0.1, 0.15) is 0 Å². The van der Waals surface area contributed by atoms with Crippen LogP contribution in [0.15, 0.2) is 28.8 Å². The molecule has 0 aliphatic carbocycles. The minimum atomic E-state index is -0.323. The van der Waals surface area contributed by atoms with Crippen molar-refractivity contribution in [1.29, 1.82) is 0 Å². The number of oxazole rings is 1. The number of aliphatic hydroxyl groups excluding tert-OH is 1. The van der Waals surface area contributed by atoms with E-state index in [1.54, 1.807) is 6.20 Å². The molecule has 38 heavy (non-hydrogen) atoms. The number of carbonyl (C=O) groups excluding carboxylic acids is 1. The molecule has 206 valence electrons. The van der Waals surface area contributed by atoms with Crippen molar-refractivity contribution in [2.45, 2.75) is 63.9 Å². The van der Waals surface area contributed by atoms with Gasteiger partial charge in [-0.3, -0.25) is 4.79 Å². The van der Waals surface area contributed by atoms with Crippen LogP contribution < -0.4 is 10.2 Å². The van der Waals surface area contributed by atoms with E-state index < -0.39 is 0 Å². The third kappa shape index (κ3) is 4.81. The molecular formula is C30H43N5O3. The topological polar surface area (TPSA) is 85.1 Å². The molecule has 3 fully saturated rings. The number of β-amino-alcohol motifs (C(OH)–C–C–N with tert-alkyl or cyclic N) is 1. The van der Waals surface area contributed by atoms with Crippen LogP contribution >= 0.6 is 0 Å². The fourth-order valence-electron chi connectivity index (χ4n) is 7.32. The highest BCUT2D eigenvalue weighted by molar-refractivity contribution is 5.91. The monoisotopic (exact) mass is 521 g/mol. The second kappa shape index (κ2) is 10.5. The Bertz CT molecular complexity index is 1140. The first-order chi connectivity index (χ1) is 18.4. The molecule has 2 N–H and O–H groups in total. The van der Waals surface area contributed by atoms with Crippen molar-refractivity contribution in [3.05, 3.63) is 41.3 Å². The molecule has 3 saturated heterocycles. The fourth-order valence-corrected chi connectivity index (χ4v) is 7.32. The molecule has 4 aliphatic heterocycles. The van der Waals surface area contributed by atoms with Gasteiger partial charge in [-0.25, -0.2) is 4.98 Å². The lowest BCUT2D eigenvalue weighted by molar-refractivity contribution is 0.0242. The highest BCUT2D eigenvalue weighted by atomic mass is 16.4. The van der Waals surface area contributed by atoms with Gasteiger partial charge in [-0.15, -0.1) is 0 Å². The number of nitrogens with one attached hydrogen (secondary N) is 1.